The van der Waals surface area contributed by atoms with E-state index in [4.69, 9.17) is 0 Å². The zero-order valence-corrected chi connectivity index (χ0v) is 9.44. The first-order valence-corrected chi connectivity index (χ1v) is 5.63. The second-order valence-electron chi connectivity index (χ2n) is 5.21. The summed E-state index contributed by atoms with van der Waals surface area (Å²) in [5.41, 5.74) is 0.280. The monoisotopic (exact) mass is 186 g/mol. The van der Waals surface area contributed by atoms with Crippen LogP contribution in [0.1, 0.15) is 53.4 Å². The van der Waals surface area contributed by atoms with E-state index < -0.39 is 6.17 Å². The molecule has 0 saturated heterocycles. The lowest BCUT2D eigenvalue weighted by Crippen LogP contribution is -2.23. The van der Waals surface area contributed by atoms with E-state index in [1.165, 1.54) is 19.3 Å². The van der Waals surface area contributed by atoms with E-state index in [-0.39, 0.29) is 5.41 Å². The first kappa shape index (κ1) is 11.0. The lowest BCUT2D eigenvalue weighted by Gasteiger charge is -2.30. The maximum absolute atomic E-state index is 13.0. The van der Waals surface area contributed by atoms with E-state index in [0.29, 0.717) is 0 Å². The van der Waals surface area contributed by atoms with Crippen LogP contribution in [0.4, 0.5) is 4.39 Å². The Labute approximate surface area is 81.9 Å². The highest BCUT2D eigenvalue weighted by Crippen LogP contribution is 2.55. The van der Waals surface area contributed by atoms with Crippen LogP contribution in [0.3, 0.4) is 0 Å². The van der Waals surface area contributed by atoms with E-state index in [1.807, 2.05) is 0 Å². The van der Waals surface area contributed by atoms with Gasteiger partial charge in [-0.3, -0.25) is 0 Å². The largest absolute Gasteiger partial charge is 0.248 e. The molecule has 78 valence electrons. The lowest BCUT2D eigenvalue weighted by atomic mass is 9.76. The van der Waals surface area contributed by atoms with E-state index >= 15 is 0 Å². The molecule has 1 heteroatoms. The number of halogens is 1. The van der Waals surface area contributed by atoms with Crippen LogP contribution >= 0.6 is 0 Å². The molecule has 0 aromatic heterocycles. The molecule has 0 aromatic rings. The molecule has 1 fully saturated rings. The van der Waals surface area contributed by atoms with Gasteiger partial charge in [-0.05, 0) is 43.4 Å². The standard InChI is InChI=1S/C12H23F/c1-5-6-12(4,8-10(3)13)11-7-9(11)2/h9-11H,5-8H2,1-4H3. The first-order valence-electron chi connectivity index (χ1n) is 5.63. The van der Waals surface area contributed by atoms with E-state index in [2.05, 4.69) is 20.8 Å². The van der Waals surface area contributed by atoms with Crippen molar-refractivity contribution in [2.24, 2.45) is 17.3 Å². The maximum Gasteiger partial charge on any atom is 0.0978 e. The topological polar surface area (TPSA) is 0 Å². The average Bonchev–Trinajstić information content (AvgIpc) is 2.65. The van der Waals surface area contributed by atoms with Gasteiger partial charge in [-0.2, -0.15) is 0 Å². The molecule has 0 N–H and O–H groups in total. The zero-order chi connectivity index (χ0) is 10.1. The summed E-state index contributed by atoms with van der Waals surface area (Å²) in [5.74, 6) is 1.64. The van der Waals surface area contributed by atoms with Crippen LogP contribution in [-0.4, -0.2) is 6.17 Å². The van der Waals surface area contributed by atoms with Gasteiger partial charge in [-0.1, -0.05) is 27.2 Å². The highest BCUT2D eigenvalue weighted by molar-refractivity contribution is 4.96. The van der Waals surface area contributed by atoms with Gasteiger partial charge in [-0.25, -0.2) is 4.39 Å². The highest BCUT2D eigenvalue weighted by Gasteiger charge is 2.47. The summed E-state index contributed by atoms with van der Waals surface area (Å²) in [7, 11) is 0. The number of hydrogen-bond acceptors (Lipinski definition) is 0. The number of hydrogen-bond donors (Lipinski definition) is 0. The van der Waals surface area contributed by atoms with Crippen LogP contribution in [0.2, 0.25) is 0 Å². The van der Waals surface area contributed by atoms with Crippen molar-refractivity contribution in [2.75, 3.05) is 0 Å². The number of rotatable bonds is 5. The molecule has 0 aromatic carbocycles. The molecule has 0 spiro atoms. The fraction of sp³-hybridized carbons (Fsp3) is 1.00. The fourth-order valence-electron chi connectivity index (χ4n) is 2.95. The summed E-state index contributed by atoms with van der Waals surface area (Å²) < 4.78 is 13.0. The predicted octanol–water partition coefficient (Wildman–Crippen LogP) is 4.20. The summed E-state index contributed by atoms with van der Waals surface area (Å²) in [6, 6.07) is 0. The minimum absolute atomic E-state index is 0.280. The molecule has 0 bridgehead atoms. The van der Waals surface area contributed by atoms with Gasteiger partial charge < -0.3 is 0 Å². The third kappa shape index (κ3) is 2.69. The molecule has 0 nitrogen and oxygen atoms in total. The molecule has 1 rings (SSSR count). The van der Waals surface area contributed by atoms with Gasteiger partial charge in [0.05, 0.1) is 6.17 Å². The van der Waals surface area contributed by atoms with E-state index in [9.17, 15) is 4.39 Å². The summed E-state index contributed by atoms with van der Waals surface area (Å²) in [6.45, 7) is 8.47. The van der Waals surface area contributed by atoms with Gasteiger partial charge >= 0.3 is 0 Å². The Morgan fingerprint density at radius 3 is 2.38 bits per heavy atom. The molecule has 13 heavy (non-hydrogen) atoms. The molecule has 4 atom stereocenters. The van der Waals surface area contributed by atoms with Crippen molar-refractivity contribution in [3.05, 3.63) is 0 Å². The Hall–Kier alpha value is -0.0700. The average molecular weight is 186 g/mol. The second-order valence-corrected chi connectivity index (χ2v) is 5.21. The van der Waals surface area contributed by atoms with Crippen LogP contribution in [-0.2, 0) is 0 Å². The predicted molar refractivity (Wildman–Crippen MR) is 55.5 cm³/mol. The summed E-state index contributed by atoms with van der Waals surface area (Å²) in [6.07, 6.45) is 3.83. The Morgan fingerprint density at radius 1 is 1.54 bits per heavy atom. The van der Waals surface area contributed by atoms with Crippen molar-refractivity contribution >= 4 is 0 Å². The smallest absolute Gasteiger partial charge is 0.0978 e. The molecule has 0 heterocycles. The number of alkyl halides is 1. The van der Waals surface area contributed by atoms with Crippen molar-refractivity contribution in [1.29, 1.82) is 0 Å². The van der Waals surface area contributed by atoms with E-state index in [1.54, 1.807) is 6.92 Å². The molecule has 4 unspecified atom stereocenters. The molecule has 1 aliphatic carbocycles. The summed E-state index contributed by atoms with van der Waals surface area (Å²) in [5, 5.41) is 0. The molecular weight excluding hydrogens is 163 g/mol. The Morgan fingerprint density at radius 2 is 2.08 bits per heavy atom. The van der Waals surface area contributed by atoms with Crippen molar-refractivity contribution in [1.82, 2.24) is 0 Å². The Kier molecular flexibility index (Phi) is 3.37. The SMILES string of the molecule is CCCC(C)(CC(C)F)C1CC1C. The maximum atomic E-state index is 13.0. The zero-order valence-electron chi connectivity index (χ0n) is 9.44. The fourth-order valence-corrected chi connectivity index (χ4v) is 2.95. The van der Waals surface area contributed by atoms with Crippen LogP contribution < -0.4 is 0 Å². The van der Waals surface area contributed by atoms with E-state index in [0.717, 1.165) is 18.3 Å². The van der Waals surface area contributed by atoms with Crippen LogP contribution in [0.15, 0.2) is 0 Å². The third-order valence-electron chi connectivity index (χ3n) is 3.57. The molecule has 0 radical (unpaired) electrons. The van der Waals surface area contributed by atoms with Gasteiger partial charge in [0.1, 0.15) is 0 Å². The van der Waals surface area contributed by atoms with Gasteiger partial charge in [0.2, 0.25) is 0 Å². The third-order valence-corrected chi connectivity index (χ3v) is 3.57. The molecular formula is C12H23F. The van der Waals surface area contributed by atoms with Gasteiger partial charge in [0.25, 0.3) is 0 Å². The van der Waals surface area contributed by atoms with Gasteiger partial charge in [0, 0.05) is 0 Å². The minimum atomic E-state index is -0.635. The molecule has 1 aliphatic rings. The molecule has 1 saturated carbocycles. The van der Waals surface area contributed by atoms with Crippen LogP contribution in [0, 0.1) is 17.3 Å². The van der Waals surface area contributed by atoms with Crippen molar-refractivity contribution in [3.8, 4) is 0 Å². The summed E-state index contributed by atoms with van der Waals surface area (Å²) >= 11 is 0. The lowest BCUT2D eigenvalue weighted by molar-refractivity contribution is 0.155. The van der Waals surface area contributed by atoms with Crippen molar-refractivity contribution in [3.63, 3.8) is 0 Å². The van der Waals surface area contributed by atoms with Gasteiger partial charge in [0.15, 0.2) is 0 Å². The molecule has 0 aliphatic heterocycles. The first-order chi connectivity index (χ1) is 5.99. The molecule has 0 amide bonds. The normalized spacial score (nSPS) is 33.9. The van der Waals surface area contributed by atoms with Gasteiger partial charge in [-0.15, -0.1) is 0 Å². The summed E-state index contributed by atoms with van der Waals surface area (Å²) in [4.78, 5) is 0. The van der Waals surface area contributed by atoms with Crippen molar-refractivity contribution in [2.45, 2.75) is 59.5 Å². The Balaban J connectivity index is 2.52. The highest BCUT2D eigenvalue weighted by atomic mass is 19.1. The Bertz CT molecular complexity index is 165. The van der Waals surface area contributed by atoms with Crippen LogP contribution in [0.5, 0.6) is 0 Å². The van der Waals surface area contributed by atoms with Crippen LogP contribution in [0.25, 0.3) is 0 Å². The minimum Gasteiger partial charge on any atom is -0.248 e. The second kappa shape index (κ2) is 3.98. The van der Waals surface area contributed by atoms with Crippen molar-refractivity contribution < 1.29 is 4.39 Å². The quantitative estimate of drug-likeness (QED) is 0.603.